The number of rotatable bonds is 6. The van der Waals surface area contributed by atoms with Crippen molar-refractivity contribution in [2.45, 2.75) is 25.8 Å². The van der Waals surface area contributed by atoms with Crippen LogP contribution in [0.1, 0.15) is 41.6 Å². The molecule has 0 fully saturated rings. The Morgan fingerprint density at radius 2 is 1.79 bits per heavy atom. The first-order chi connectivity index (χ1) is 18.6. The minimum absolute atomic E-state index is 0.0667. The zero-order valence-corrected chi connectivity index (χ0v) is 22.4. The first kappa shape index (κ1) is 24.2. The van der Waals surface area contributed by atoms with Gasteiger partial charge in [-0.1, -0.05) is 47.7 Å². The predicted octanol–water partition coefficient (Wildman–Crippen LogP) is 4.73. The summed E-state index contributed by atoms with van der Waals surface area (Å²) in [6, 6.07) is 21.6. The highest BCUT2D eigenvalue weighted by Crippen LogP contribution is 2.44. The largest absolute Gasteiger partial charge is 0.497 e. The second-order valence-electron chi connectivity index (χ2n) is 9.22. The Kier molecular flexibility index (Phi) is 6.37. The zero-order valence-electron chi connectivity index (χ0n) is 21.6. The molecule has 0 N–H and O–H groups in total. The highest BCUT2D eigenvalue weighted by atomic mass is 32.1. The summed E-state index contributed by atoms with van der Waals surface area (Å²) < 4.78 is 19.4. The summed E-state index contributed by atoms with van der Waals surface area (Å²) in [5.74, 6) is 2.24. The van der Waals surface area contributed by atoms with Crippen molar-refractivity contribution in [2.24, 2.45) is 4.99 Å². The summed E-state index contributed by atoms with van der Waals surface area (Å²) >= 11 is 1.41. The van der Waals surface area contributed by atoms with Crippen LogP contribution in [0.2, 0.25) is 0 Å². The fourth-order valence-corrected chi connectivity index (χ4v) is 6.33. The maximum absolute atomic E-state index is 14.0. The molecule has 7 heteroatoms. The van der Waals surface area contributed by atoms with Crippen LogP contribution in [-0.4, -0.2) is 25.4 Å². The van der Waals surface area contributed by atoms with Crippen LogP contribution in [-0.2, 0) is 6.42 Å². The summed E-state index contributed by atoms with van der Waals surface area (Å²) in [5, 5.41) is 0. The molecule has 1 aliphatic heterocycles. The number of hydrogen-bond donors (Lipinski definition) is 0. The van der Waals surface area contributed by atoms with E-state index in [2.05, 4.69) is 18.2 Å². The van der Waals surface area contributed by atoms with Gasteiger partial charge in [-0.2, -0.15) is 0 Å². The number of benzene rings is 3. The molecule has 0 spiro atoms. The van der Waals surface area contributed by atoms with E-state index >= 15 is 0 Å². The standard InChI is InChI=1S/C31H28N2O4S/c1-4-37-21-12-9-19(10-13-21)17-27-30(34)33-29(25-18-22(35-2)14-16-26(25)36-3)24-15-11-20-7-5-6-8-23(20)28(24)32-31(33)38-27/h5-10,12-14,16-18,29H,4,11,15H2,1-3H3/b27-17+/t29-/m0/s1. The fourth-order valence-electron chi connectivity index (χ4n) is 5.33. The van der Waals surface area contributed by atoms with E-state index in [4.69, 9.17) is 19.2 Å². The van der Waals surface area contributed by atoms with Crippen LogP contribution < -0.4 is 29.1 Å². The van der Waals surface area contributed by atoms with Crippen molar-refractivity contribution in [1.82, 2.24) is 4.57 Å². The molecule has 2 aliphatic rings. The average molecular weight is 525 g/mol. The number of thiazole rings is 1. The first-order valence-electron chi connectivity index (χ1n) is 12.7. The summed E-state index contributed by atoms with van der Waals surface area (Å²) in [6.45, 7) is 2.57. The van der Waals surface area contributed by atoms with Crippen LogP contribution >= 0.6 is 11.3 Å². The van der Waals surface area contributed by atoms with Crippen molar-refractivity contribution in [1.29, 1.82) is 0 Å². The second-order valence-corrected chi connectivity index (χ2v) is 10.2. The molecule has 0 saturated carbocycles. The lowest BCUT2D eigenvalue weighted by Crippen LogP contribution is -2.39. The molecule has 0 unspecified atom stereocenters. The van der Waals surface area contributed by atoms with Gasteiger partial charge in [-0.25, -0.2) is 4.99 Å². The summed E-state index contributed by atoms with van der Waals surface area (Å²) in [5.41, 5.74) is 6.24. The third-order valence-corrected chi connectivity index (χ3v) is 8.08. The molecule has 0 bridgehead atoms. The highest BCUT2D eigenvalue weighted by molar-refractivity contribution is 7.07. The van der Waals surface area contributed by atoms with Gasteiger partial charge in [0.1, 0.15) is 17.2 Å². The molecular weight excluding hydrogens is 496 g/mol. The van der Waals surface area contributed by atoms with Crippen molar-refractivity contribution in [3.8, 4) is 17.2 Å². The molecule has 6 rings (SSSR count). The Balaban J connectivity index is 1.59. The van der Waals surface area contributed by atoms with E-state index in [9.17, 15) is 4.79 Å². The fraction of sp³-hybridized carbons (Fsp3) is 0.226. The Morgan fingerprint density at radius 1 is 1.00 bits per heavy atom. The number of methoxy groups -OCH3 is 2. The van der Waals surface area contributed by atoms with Gasteiger partial charge < -0.3 is 14.2 Å². The third-order valence-electron chi connectivity index (χ3n) is 7.09. The van der Waals surface area contributed by atoms with Crippen LogP contribution in [0.5, 0.6) is 17.2 Å². The van der Waals surface area contributed by atoms with Crippen molar-refractivity contribution in [3.05, 3.63) is 114 Å². The predicted molar refractivity (Wildman–Crippen MR) is 150 cm³/mol. The summed E-state index contributed by atoms with van der Waals surface area (Å²) in [6.07, 6.45) is 3.63. The van der Waals surface area contributed by atoms with Crippen LogP contribution in [0.3, 0.4) is 0 Å². The Bertz CT molecular complexity index is 1730. The lowest BCUT2D eigenvalue weighted by Gasteiger charge is -2.31. The number of ether oxygens (including phenoxy) is 3. The Hall–Kier alpha value is -4.10. The quantitative estimate of drug-likeness (QED) is 0.366. The maximum atomic E-state index is 14.0. The summed E-state index contributed by atoms with van der Waals surface area (Å²) in [7, 11) is 3.31. The number of hydrogen-bond acceptors (Lipinski definition) is 6. The van der Waals surface area contributed by atoms with Gasteiger partial charge in [0.05, 0.1) is 37.1 Å². The van der Waals surface area contributed by atoms with E-state index in [-0.39, 0.29) is 11.6 Å². The molecule has 6 nitrogen and oxygen atoms in total. The Morgan fingerprint density at radius 3 is 2.55 bits per heavy atom. The van der Waals surface area contributed by atoms with Gasteiger partial charge in [0, 0.05) is 11.1 Å². The molecule has 1 aliphatic carbocycles. The third kappa shape index (κ3) is 4.13. The molecule has 192 valence electrons. The SMILES string of the molecule is CCOc1ccc(/C=c2/sc3n(c2=O)[C@H](c2cc(OC)ccc2OC)C2=C(N=3)c3ccccc3CC2)cc1. The number of nitrogens with zero attached hydrogens (tertiary/aromatic N) is 2. The minimum Gasteiger partial charge on any atom is -0.497 e. The van der Waals surface area contributed by atoms with E-state index in [1.54, 1.807) is 14.2 Å². The summed E-state index contributed by atoms with van der Waals surface area (Å²) in [4.78, 5) is 19.8. The maximum Gasteiger partial charge on any atom is 0.271 e. The van der Waals surface area contributed by atoms with E-state index < -0.39 is 0 Å². The second kappa shape index (κ2) is 9.99. The number of allylic oxidation sites excluding steroid dienone is 1. The molecule has 3 aromatic carbocycles. The Labute approximate surface area is 224 Å². The van der Waals surface area contributed by atoms with E-state index in [0.717, 1.165) is 46.6 Å². The minimum atomic E-state index is -0.345. The van der Waals surface area contributed by atoms with Gasteiger partial charge in [0.25, 0.3) is 5.56 Å². The van der Waals surface area contributed by atoms with E-state index in [1.165, 1.54) is 16.9 Å². The number of aromatic nitrogens is 1. The van der Waals surface area contributed by atoms with Gasteiger partial charge in [-0.3, -0.25) is 9.36 Å². The van der Waals surface area contributed by atoms with Gasteiger partial charge in [0.15, 0.2) is 4.80 Å². The topological polar surface area (TPSA) is 62.0 Å². The monoisotopic (exact) mass is 524 g/mol. The molecule has 4 aromatic rings. The lowest BCUT2D eigenvalue weighted by atomic mass is 9.83. The van der Waals surface area contributed by atoms with Crippen LogP contribution in [0.25, 0.3) is 11.8 Å². The molecule has 38 heavy (non-hydrogen) atoms. The lowest BCUT2D eigenvalue weighted by molar-refractivity contribution is 0.340. The molecule has 1 aromatic heterocycles. The molecular formula is C31H28N2O4S. The van der Waals surface area contributed by atoms with Crippen LogP contribution in [0, 0.1) is 0 Å². The number of aryl methyl sites for hydroxylation is 1. The van der Waals surface area contributed by atoms with Crippen molar-refractivity contribution < 1.29 is 14.2 Å². The number of fused-ring (bicyclic) bond motifs is 3. The zero-order chi connectivity index (χ0) is 26.2. The van der Waals surface area contributed by atoms with Crippen LogP contribution in [0.4, 0.5) is 0 Å². The van der Waals surface area contributed by atoms with Gasteiger partial charge in [-0.05, 0) is 72.9 Å². The van der Waals surface area contributed by atoms with Crippen molar-refractivity contribution in [3.63, 3.8) is 0 Å². The van der Waals surface area contributed by atoms with E-state index in [1.807, 2.05) is 66.1 Å². The smallest absolute Gasteiger partial charge is 0.271 e. The molecule has 0 radical (unpaired) electrons. The van der Waals surface area contributed by atoms with Gasteiger partial charge >= 0.3 is 0 Å². The van der Waals surface area contributed by atoms with Crippen molar-refractivity contribution in [2.75, 3.05) is 20.8 Å². The molecule has 0 saturated heterocycles. The highest BCUT2D eigenvalue weighted by Gasteiger charge is 2.34. The van der Waals surface area contributed by atoms with Crippen LogP contribution in [0.15, 0.2) is 82.1 Å². The first-order valence-corrected chi connectivity index (χ1v) is 13.5. The van der Waals surface area contributed by atoms with Crippen molar-refractivity contribution >= 4 is 23.1 Å². The normalized spacial score (nSPS) is 16.3. The molecule has 1 atom stereocenters. The van der Waals surface area contributed by atoms with Gasteiger partial charge in [0.2, 0.25) is 0 Å². The average Bonchev–Trinajstić information content (AvgIpc) is 3.26. The van der Waals surface area contributed by atoms with Gasteiger partial charge in [-0.15, -0.1) is 0 Å². The molecule has 0 amide bonds. The van der Waals surface area contributed by atoms with E-state index in [0.29, 0.717) is 27.4 Å². The molecule has 2 heterocycles.